The smallest absolute Gasteiger partial charge is 0.294 e. The van der Waals surface area contributed by atoms with E-state index in [-0.39, 0.29) is 5.57 Å². The first kappa shape index (κ1) is 18.4. The summed E-state index contributed by atoms with van der Waals surface area (Å²) in [6.45, 7) is 0. The molecule has 1 aliphatic heterocycles. The van der Waals surface area contributed by atoms with Crippen molar-refractivity contribution in [2.24, 2.45) is 0 Å². The van der Waals surface area contributed by atoms with Gasteiger partial charge in [-0.25, -0.2) is 4.39 Å². The van der Waals surface area contributed by atoms with Gasteiger partial charge in [0.15, 0.2) is 5.76 Å². The summed E-state index contributed by atoms with van der Waals surface area (Å²) in [5.41, 5.74) is 0.880. The van der Waals surface area contributed by atoms with E-state index < -0.39 is 29.3 Å². The lowest BCUT2D eigenvalue weighted by Gasteiger charge is -2.27. The molecule has 0 saturated carbocycles. The number of Topliss-reactive ketones (excluding diaryl/α,β-unsaturated/α-hetero) is 1. The fourth-order valence-corrected chi connectivity index (χ4v) is 4.09. The van der Waals surface area contributed by atoms with Crippen LogP contribution in [0.3, 0.4) is 0 Å². The van der Waals surface area contributed by atoms with Gasteiger partial charge >= 0.3 is 0 Å². The van der Waals surface area contributed by atoms with Crippen LogP contribution >= 0.6 is 22.9 Å². The second kappa shape index (κ2) is 7.22. The summed E-state index contributed by atoms with van der Waals surface area (Å²) in [5.74, 6) is -2.22. The number of amides is 1. The molecule has 1 atom stereocenters. The van der Waals surface area contributed by atoms with Crippen molar-refractivity contribution in [2.45, 2.75) is 6.04 Å². The van der Waals surface area contributed by atoms with Crippen molar-refractivity contribution in [3.05, 3.63) is 98.7 Å². The van der Waals surface area contributed by atoms with Crippen molar-refractivity contribution in [2.75, 3.05) is 4.90 Å². The molecule has 0 bridgehead atoms. The number of benzene rings is 2. The molecular formula is C21H13ClFNO3S. The number of nitrogens with zero attached hydrogens (tertiary/aromatic N) is 1. The van der Waals surface area contributed by atoms with E-state index in [0.717, 1.165) is 0 Å². The Morgan fingerprint density at radius 2 is 1.86 bits per heavy atom. The molecule has 0 fully saturated rings. The molecule has 1 aliphatic rings. The largest absolute Gasteiger partial charge is 0.503 e. The number of hydrogen-bond acceptors (Lipinski definition) is 4. The third kappa shape index (κ3) is 3.10. The Morgan fingerprint density at radius 1 is 1.11 bits per heavy atom. The lowest BCUT2D eigenvalue weighted by atomic mass is 9.95. The number of rotatable bonds is 4. The van der Waals surface area contributed by atoms with Gasteiger partial charge in [-0.3, -0.25) is 14.5 Å². The van der Waals surface area contributed by atoms with E-state index >= 15 is 0 Å². The summed E-state index contributed by atoms with van der Waals surface area (Å²) in [6.07, 6.45) is 0. The lowest BCUT2D eigenvalue weighted by molar-refractivity contribution is -0.117. The number of carbonyl (C=O) groups is 2. The van der Waals surface area contributed by atoms with E-state index in [4.69, 9.17) is 11.6 Å². The average molecular weight is 414 g/mol. The van der Waals surface area contributed by atoms with Crippen LogP contribution < -0.4 is 4.90 Å². The molecule has 140 valence electrons. The van der Waals surface area contributed by atoms with E-state index in [1.54, 1.807) is 41.8 Å². The van der Waals surface area contributed by atoms with Gasteiger partial charge in [-0.05, 0) is 47.3 Å². The lowest BCUT2D eigenvalue weighted by Crippen LogP contribution is -2.31. The van der Waals surface area contributed by atoms with E-state index in [1.165, 1.54) is 40.5 Å². The van der Waals surface area contributed by atoms with Gasteiger partial charge in [-0.2, -0.15) is 0 Å². The normalized spacial score (nSPS) is 16.7. The molecule has 3 aromatic rings. The Morgan fingerprint density at radius 3 is 2.50 bits per heavy atom. The first-order chi connectivity index (χ1) is 13.5. The zero-order valence-corrected chi connectivity index (χ0v) is 15.9. The maximum atomic E-state index is 13.5. The number of hydrogen-bond donors (Lipinski definition) is 1. The third-order valence-electron chi connectivity index (χ3n) is 4.47. The average Bonchev–Trinajstić information content (AvgIpc) is 3.30. The minimum atomic E-state index is -0.902. The van der Waals surface area contributed by atoms with Crippen molar-refractivity contribution >= 4 is 40.3 Å². The Labute approximate surface area is 169 Å². The first-order valence-corrected chi connectivity index (χ1v) is 9.59. The predicted octanol–water partition coefficient (Wildman–Crippen LogP) is 5.32. The number of aliphatic hydroxyl groups excluding tert-OH is 1. The van der Waals surface area contributed by atoms with Crippen molar-refractivity contribution in [1.82, 2.24) is 0 Å². The fourth-order valence-electron chi connectivity index (χ4n) is 3.23. The summed E-state index contributed by atoms with van der Waals surface area (Å²) < 4.78 is 13.5. The molecule has 1 N–H and O–H groups in total. The summed E-state index contributed by atoms with van der Waals surface area (Å²) in [5, 5.41) is 12.7. The number of ketones is 1. The predicted molar refractivity (Wildman–Crippen MR) is 106 cm³/mol. The molecule has 1 aromatic heterocycles. The van der Waals surface area contributed by atoms with Crippen LogP contribution in [0.1, 0.15) is 21.3 Å². The van der Waals surface area contributed by atoms with Gasteiger partial charge in [0, 0.05) is 10.7 Å². The third-order valence-corrected chi connectivity index (χ3v) is 5.57. The molecule has 0 saturated heterocycles. The highest BCUT2D eigenvalue weighted by molar-refractivity contribution is 7.12. The van der Waals surface area contributed by atoms with Gasteiger partial charge in [0.1, 0.15) is 5.82 Å². The highest BCUT2D eigenvalue weighted by atomic mass is 35.5. The number of thiophene rings is 1. The van der Waals surface area contributed by atoms with E-state index in [9.17, 15) is 19.1 Å². The molecule has 2 heterocycles. The monoisotopic (exact) mass is 413 g/mol. The minimum Gasteiger partial charge on any atom is -0.503 e. The molecule has 7 heteroatoms. The standard InChI is InChI=1S/C21H13ClFNO3S/c22-13-3-1-4-15(11-13)24-18(12-6-8-14(23)9-7-12)17(20(26)21(24)27)19(25)16-5-2-10-28-16/h1-11,18,26H. The first-order valence-electron chi connectivity index (χ1n) is 8.33. The maximum absolute atomic E-state index is 13.5. The van der Waals surface area contributed by atoms with Crippen molar-refractivity contribution in [3.63, 3.8) is 0 Å². The molecule has 1 amide bonds. The number of carbonyl (C=O) groups excluding carboxylic acids is 2. The molecule has 4 nitrogen and oxygen atoms in total. The number of aliphatic hydroxyl groups is 1. The Hall–Kier alpha value is -2.96. The van der Waals surface area contributed by atoms with Gasteiger partial charge < -0.3 is 5.11 Å². The summed E-state index contributed by atoms with van der Waals surface area (Å²) >= 11 is 7.29. The molecule has 1 unspecified atom stereocenters. The van der Waals surface area contributed by atoms with Gasteiger partial charge in [-0.15, -0.1) is 11.3 Å². The summed E-state index contributed by atoms with van der Waals surface area (Å²) in [6, 6.07) is 14.5. The topological polar surface area (TPSA) is 57.6 Å². The van der Waals surface area contributed by atoms with Crippen LogP contribution in [0.25, 0.3) is 0 Å². The van der Waals surface area contributed by atoms with Gasteiger partial charge in [0.2, 0.25) is 5.78 Å². The summed E-state index contributed by atoms with van der Waals surface area (Å²) in [7, 11) is 0. The van der Waals surface area contributed by atoms with Gasteiger partial charge in [0.25, 0.3) is 5.91 Å². The Balaban J connectivity index is 1.89. The van der Waals surface area contributed by atoms with Crippen LogP contribution in [-0.2, 0) is 4.79 Å². The maximum Gasteiger partial charge on any atom is 0.294 e. The molecule has 2 aromatic carbocycles. The SMILES string of the molecule is O=C(C1=C(O)C(=O)N(c2cccc(Cl)c2)C1c1ccc(F)cc1)c1cccs1. The van der Waals surface area contributed by atoms with Crippen LogP contribution in [0.15, 0.2) is 77.4 Å². The highest BCUT2D eigenvalue weighted by Crippen LogP contribution is 2.42. The fraction of sp³-hybridized carbons (Fsp3) is 0.0476. The minimum absolute atomic E-state index is 0.0426. The second-order valence-corrected chi connectivity index (χ2v) is 7.56. The van der Waals surface area contributed by atoms with Crippen molar-refractivity contribution in [1.29, 1.82) is 0 Å². The zero-order valence-electron chi connectivity index (χ0n) is 14.3. The van der Waals surface area contributed by atoms with Crippen LogP contribution in [-0.4, -0.2) is 16.8 Å². The van der Waals surface area contributed by atoms with E-state index in [2.05, 4.69) is 0 Å². The Kier molecular flexibility index (Phi) is 4.75. The zero-order chi connectivity index (χ0) is 19.8. The van der Waals surface area contributed by atoms with Crippen molar-refractivity contribution in [3.8, 4) is 0 Å². The van der Waals surface area contributed by atoms with E-state index in [1.807, 2.05) is 0 Å². The van der Waals surface area contributed by atoms with Crippen LogP contribution in [0.5, 0.6) is 0 Å². The quantitative estimate of drug-likeness (QED) is 0.588. The summed E-state index contributed by atoms with van der Waals surface area (Å²) in [4.78, 5) is 27.7. The molecule has 28 heavy (non-hydrogen) atoms. The van der Waals surface area contributed by atoms with E-state index in [0.29, 0.717) is 21.2 Å². The second-order valence-electron chi connectivity index (χ2n) is 6.18. The molecule has 0 spiro atoms. The molecule has 0 aliphatic carbocycles. The number of halogens is 2. The molecular weight excluding hydrogens is 401 g/mol. The van der Waals surface area contributed by atoms with Crippen LogP contribution in [0.4, 0.5) is 10.1 Å². The highest BCUT2D eigenvalue weighted by Gasteiger charge is 2.44. The van der Waals surface area contributed by atoms with Gasteiger partial charge in [0.05, 0.1) is 16.5 Å². The Bertz CT molecular complexity index is 1090. The molecule has 4 rings (SSSR count). The van der Waals surface area contributed by atoms with Crippen LogP contribution in [0, 0.1) is 5.82 Å². The van der Waals surface area contributed by atoms with Crippen molar-refractivity contribution < 1.29 is 19.1 Å². The van der Waals surface area contributed by atoms with Crippen LogP contribution in [0.2, 0.25) is 5.02 Å². The molecule has 0 radical (unpaired) electrons. The van der Waals surface area contributed by atoms with Gasteiger partial charge in [-0.1, -0.05) is 35.9 Å². The number of anilines is 1.